The monoisotopic (exact) mass is 274 g/mol. The average Bonchev–Trinajstić information content (AvgIpc) is 2.76. The zero-order chi connectivity index (χ0) is 13.4. The van der Waals surface area contributed by atoms with Crippen molar-refractivity contribution in [3.63, 3.8) is 0 Å². The largest absolute Gasteiger partial charge is 0.474 e. The lowest BCUT2D eigenvalue weighted by molar-refractivity contribution is 0.0975. The smallest absolute Gasteiger partial charge is 0.259 e. The van der Waals surface area contributed by atoms with Crippen molar-refractivity contribution >= 4 is 22.9 Å². The fourth-order valence-corrected chi connectivity index (χ4v) is 3.17. The second-order valence-corrected chi connectivity index (χ2v) is 5.92. The summed E-state index contributed by atoms with van der Waals surface area (Å²) < 4.78 is 5.47. The van der Waals surface area contributed by atoms with Gasteiger partial charge in [-0.2, -0.15) is 0 Å². The number of pyridine rings is 1. The van der Waals surface area contributed by atoms with Crippen LogP contribution in [0.25, 0.3) is 0 Å². The Hall–Kier alpha value is -1.88. The number of thiophene rings is 1. The van der Waals surface area contributed by atoms with Gasteiger partial charge in [-0.25, -0.2) is 4.98 Å². The number of hydrogen-bond donors (Lipinski definition) is 0. The first kappa shape index (κ1) is 12.2. The van der Waals surface area contributed by atoms with Crippen molar-refractivity contribution in [3.8, 4) is 5.88 Å². The van der Waals surface area contributed by atoms with Crippen molar-refractivity contribution in [3.05, 3.63) is 39.7 Å². The molecule has 0 unspecified atom stereocenters. The lowest BCUT2D eigenvalue weighted by atomic mass is 10.2. The topological polar surface area (TPSA) is 42.4 Å². The molecule has 0 bridgehead atoms. The molecule has 0 radical (unpaired) electrons. The predicted octanol–water partition coefficient (Wildman–Crippen LogP) is 2.80. The average molecular weight is 274 g/mol. The van der Waals surface area contributed by atoms with Crippen LogP contribution in [0.5, 0.6) is 5.88 Å². The molecule has 1 amide bonds. The maximum Gasteiger partial charge on any atom is 0.259 e. The van der Waals surface area contributed by atoms with E-state index in [1.54, 1.807) is 22.4 Å². The third kappa shape index (κ3) is 2.10. The van der Waals surface area contributed by atoms with Gasteiger partial charge in [0, 0.05) is 16.0 Å². The van der Waals surface area contributed by atoms with E-state index in [2.05, 4.69) is 4.98 Å². The van der Waals surface area contributed by atoms with Crippen LogP contribution in [-0.2, 0) is 0 Å². The van der Waals surface area contributed by atoms with Crippen LogP contribution in [0, 0.1) is 13.8 Å². The molecule has 3 rings (SSSR count). The Morgan fingerprint density at radius 3 is 3.05 bits per heavy atom. The lowest BCUT2D eigenvalue weighted by Crippen LogP contribution is -2.38. The van der Waals surface area contributed by atoms with E-state index in [9.17, 15) is 4.79 Å². The summed E-state index contributed by atoms with van der Waals surface area (Å²) >= 11 is 1.65. The molecule has 0 saturated carbocycles. The number of fused-ring (bicyclic) bond motifs is 1. The molecule has 2 aromatic rings. The molecule has 0 saturated heterocycles. The van der Waals surface area contributed by atoms with Gasteiger partial charge in [0.2, 0.25) is 5.88 Å². The molecule has 0 spiro atoms. The van der Waals surface area contributed by atoms with E-state index in [0.29, 0.717) is 19.0 Å². The predicted molar refractivity (Wildman–Crippen MR) is 75.2 cm³/mol. The van der Waals surface area contributed by atoms with Gasteiger partial charge in [-0.3, -0.25) is 4.79 Å². The third-order valence-corrected chi connectivity index (χ3v) is 4.08. The first-order valence-electron chi connectivity index (χ1n) is 6.13. The number of rotatable bonds is 1. The van der Waals surface area contributed by atoms with E-state index < -0.39 is 0 Å². The number of aromatic nitrogens is 1. The Labute approximate surface area is 115 Å². The Morgan fingerprint density at radius 2 is 2.32 bits per heavy atom. The summed E-state index contributed by atoms with van der Waals surface area (Å²) in [7, 11) is 0. The number of anilines is 1. The molecule has 0 aliphatic carbocycles. The number of carbonyl (C=O) groups excluding carboxylic acids is 1. The van der Waals surface area contributed by atoms with E-state index in [4.69, 9.17) is 4.74 Å². The van der Waals surface area contributed by atoms with Crippen molar-refractivity contribution < 1.29 is 9.53 Å². The fraction of sp³-hybridized carbons (Fsp3) is 0.286. The van der Waals surface area contributed by atoms with Gasteiger partial charge < -0.3 is 9.64 Å². The Bertz CT molecular complexity index is 636. The summed E-state index contributed by atoms with van der Waals surface area (Å²) in [5.41, 5.74) is 1.53. The van der Waals surface area contributed by atoms with Gasteiger partial charge in [0.1, 0.15) is 12.3 Å². The molecule has 5 heteroatoms. The highest BCUT2D eigenvalue weighted by Crippen LogP contribution is 2.31. The molecule has 1 aliphatic heterocycles. The molecule has 0 atom stereocenters. The van der Waals surface area contributed by atoms with E-state index in [1.807, 2.05) is 32.0 Å². The molecular weight excluding hydrogens is 260 g/mol. The summed E-state index contributed by atoms with van der Waals surface area (Å²) in [6, 6.07) is 5.64. The zero-order valence-corrected chi connectivity index (χ0v) is 11.7. The Morgan fingerprint density at radius 1 is 1.47 bits per heavy atom. The van der Waals surface area contributed by atoms with Crippen molar-refractivity contribution in [2.24, 2.45) is 0 Å². The second-order valence-electron chi connectivity index (χ2n) is 4.46. The van der Waals surface area contributed by atoms with Gasteiger partial charge in [0.05, 0.1) is 12.1 Å². The second kappa shape index (κ2) is 4.66. The minimum atomic E-state index is 0.0272. The van der Waals surface area contributed by atoms with Crippen LogP contribution in [-0.4, -0.2) is 24.0 Å². The van der Waals surface area contributed by atoms with E-state index in [-0.39, 0.29) is 5.91 Å². The van der Waals surface area contributed by atoms with Crippen LogP contribution in [0.15, 0.2) is 24.4 Å². The van der Waals surface area contributed by atoms with Crippen LogP contribution in [0.2, 0.25) is 0 Å². The van der Waals surface area contributed by atoms with E-state index >= 15 is 0 Å². The first-order valence-corrected chi connectivity index (χ1v) is 6.95. The molecular formula is C14H14N2O2S. The Balaban J connectivity index is 2.00. The number of hydrogen-bond acceptors (Lipinski definition) is 4. The standard InChI is InChI=1S/C14H14N2O2S/c1-9-8-11(10(2)19-9)14(17)16-6-7-18-13-12(16)4-3-5-15-13/h3-5,8H,6-7H2,1-2H3. The zero-order valence-electron chi connectivity index (χ0n) is 10.8. The van der Waals surface area contributed by atoms with Crippen LogP contribution in [0.1, 0.15) is 20.1 Å². The molecule has 0 aromatic carbocycles. The van der Waals surface area contributed by atoms with Crippen molar-refractivity contribution in [2.75, 3.05) is 18.1 Å². The molecule has 3 heterocycles. The van der Waals surface area contributed by atoms with Crippen molar-refractivity contribution in [1.82, 2.24) is 4.98 Å². The van der Waals surface area contributed by atoms with Crippen LogP contribution >= 0.6 is 11.3 Å². The highest BCUT2D eigenvalue weighted by Gasteiger charge is 2.26. The summed E-state index contributed by atoms with van der Waals surface area (Å²) in [5.74, 6) is 0.561. The molecule has 0 N–H and O–H groups in total. The number of aryl methyl sites for hydroxylation is 2. The highest BCUT2D eigenvalue weighted by molar-refractivity contribution is 7.12. The number of amides is 1. The SMILES string of the molecule is Cc1cc(C(=O)N2CCOc3ncccc32)c(C)s1. The van der Waals surface area contributed by atoms with Crippen molar-refractivity contribution in [1.29, 1.82) is 0 Å². The number of ether oxygens (including phenoxy) is 1. The van der Waals surface area contributed by atoms with Gasteiger partial charge in [-0.1, -0.05) is 0 Å². The molecule has 98 valence electrons. The molecule has 19 heavy (non-hydrogen) atoms. The van der Waals surface area contributed by atoms with Gasteiger partial charge in [0.25, 0.3) is 5.91 Å². The maximum absolute atomic E-state index is 12.6. The van der Waals surface area contributed by atoms with Crippen LogP contribution < -0.4 is 9.64 Å². The number of nitrogens with zero attached hydrogens (tertiary/aromatic N) is 2. The van der Waals surface area contributed by atoms with Crippen molar-refractivity contribution in [2.45, 2.75) is 13.8 Å². The van der Waals surface area contributed by atoms with Crippen LogP contribution in [0.4, 0.5) is 5.69 Å². The van der Waals surface area contributed by atoms with Gasteiger partial charge in [0.15, 0.2) is 0 Å². The third-order valence-electron chi connectivity index (χ3n) is 3.11. The Kier molecular flexibility index (Phi) is 2.98. The van der Waals surface area contributed by atoms with Gasteiger partial charge in [-0.15, -0.1) is 11.3 Å². The first-order chi connectivity index (χ1) is 9.16. The summed E-state index contributed by atoms with van der Waals surface area (Å²) in [6.45, 7) is 5.04. The van der Waals surface area contributed by atoms with Gasteiger partial charge in [-0.05, 0) is 32.0 Å². The maximum atomic E-state index is 12.6. The van der Waals surface area contributed by atoms with E-state index in [1.165, 1.54) is 0 Å². The highest BCUT2D eigenvalue weighted by atomic mass is 32.1. The summed E-state index contributed by atoms with van der Waals surface area (Å²) in [6.07, 6.45) is 1.67. The van der Waals surface area contributed by atoms with Gasteiger partial charge >= 0.3 is 0 Å². The quantitative estimate of drug-likeness (QED) is 0.803. The van der Waals surface area contributed by atoms with Crippen LogP contribution in [0.3, 0.4) is 0 Å². The minimum Gasteiger partial charge on any atom is -0.474 e. The van der Waals surface area contributed by atoms with E-state index in [0.717, 1.165) is 21.0 Å². The number of carbonyl (C=O) groups is 1. The normalized spacial score (nSPS) is 13.9. The molecule has 4 nitrogen and oxygen atoms in total. The molecule has 1 aliphatic rings. The molecule has 2 aromatic heterocycles. The minimum absolute atomic E-state index is 0.0272. The summed E-state index contributed by atoms with van der Waals surface area (Å²) in [4.78, 5) is 20.8. The summed E-state index contributed by atoms with van der Waals surface area (Å²) in [5, 5.41) is 0. The molecule has 0 fully saturated rings. The fourth-order valence-electron chi connectivity index (χ4n) is 2.25. The lowest BCUT2D eigenvalue weighted by Gasteiger charge is -2.28.